The third kappa shape index (κ3) is 1.62. The maximum Gasteiger partial charge on any atom is 0.233 e. The number of nitrogens with zero attached hydrogens (tertiary/aromatic N) is 2. The number of fused-ring (bicyclic) bond motifs is 1. The van der Waals surface area contributed by atoms with E-state index in [4.69, 9.17) is 5.73 Å². The van der Waals surface area contributed by atoms with Crippen LogP contribution < -0.4 is 11.2 Å². The van der Waals surface area contributed by atoms with Crippen LogP contribution in [0.3, 0.4) is 0 Å². The summed E-state index contributed by atoms with van der Waals surface area (Å²) in [5, 5.41) is 1.67. The Kier molecular flexibility index (Phi) is 1.90. The van der Waals surface area contributed by atoms with E-state index in [1.165, 1.54) is 0 Å². The van der Waals surface area contributed by atoms with Crippen LogP contribution in [0.2, 0.25) is 0 Å². The fraction of sp³-hybridized carbons (Fsp3) is 0.222. The molecule has 0 spiro atoms. The predicted octanol–water partition coefficient (Wildman–Crippen LogP) is 0.138. The number of benzene rings is 1. The lowest BCUT2D eigenvalue weighted by molar-refractivity contribution is -0.119. The molecule has 1 aromatic rings. The Bertz CT molecular complexity index is 312. The molecule has 0 atom stereocenters. The Morgan fingerprint density at radius 3 is 3.00 bits per heavy atom. The first-order valence-electron chi connectivity index (χ1n) is 4.08. The van der Waals surface area contributed by atoms with Gasteiger partial charge in [0, 0.05) is 6.54 Å². The first-order valence-corrected chi connectivity index (χ1v) is 4.08. The normalized spacial score (nSPS) is 15.1. The van der Waals surface area contributed by atoms with Crippen LogP contribution in [0.1, 0.15) is 5.56 Å². The van der Waals surface area contributed by atoms with Crippen molar-refractivity contribution in [3.63, 3.8) is 0 Å². The van der Waals surface area contributed by atoms with E-state index in [2.05, 4.69) is 5.43 Å². The van der Waals surface area contributed by atoms with Gasteiger partial charge in [-0.2, -0.15) is 10.4 Å². The lowest BCUT2D eigenvalue weighted by Crippen LogP contribution is -2.33. The summed E-state index contributed by atoms with van der Waals surface area (Å²) in [6.07, 6.45) is 0. The van der Waals surface area contributed by atoms with Crippen LogP contribution in [0.5, 0.6) is 0 Å². The molecule has 0 aromatic heterocycles. The average molecular weight is 176 g/mol. The molecule has 13 heavy (non-hydrogen) atoms. The van der Waals surface area contributed by atoms with Crippen LogP contribution in [0.4, 0.5) is 5.69 Å². The summed E-state index contributed by atoms with van der Waals surface area (Å²) < 4.78 is 0. The topological polar surface area (TPSA) is 60.4 Å². The minimum atomic E-state index is -0.350. The molecule has 0 saturated heterocycles. The molecule has 1 aliphatic rings. The fourth-order valence-corrected chi connectivity index (χ4v) is 1.40. The van der Waals surface area contributed by atoms with Gasteiger partial charge in [-0.3, -0.25) is 4.79 Å². The quantitative estimate of drug-likeness (QED) is 0.696. The Balaban J connectivity index is 2.09. The molecule has 2 rings (SSSR count). The second-order valence-corrected chi connectivity index (χ2v) is 3.02. The van der Waals surface area contributed by atoms with E-state index in [-0.39, 0.29) is 12.5 Å². The number of hydrogen-bond donors (Lipinski definition) is 1. The van der Waals surface area contributed by atoms with Crippen molar-refractivity contribution in [3.05, 3.63) is 29.8 Å². The molecular formula is C9H10N3O. The van der Waals surface area contributed by atoms with Gasteiger partial charge in [0.25, 0.3) is 0 Å². The number of nitrogens with two attached hydrogens (primary N) is 1. The summed E-state index contributed by atoms with van der Waals surface area (Å²) in [4.78, 5) is 10.6. The molecule has 0 bridgehead atoms. The maximum absolute atomic E-state index is 10.6. The van der Waals surface area contributed by atoms with Gasteiger partial charge in [-0.15, -0.1) is 0 Å². The molecule has 4 heteroatoms. The van der Waals surface area contributed by atoms with Crippen LogP contribution in [0.25, 0.3) is 0 Å². The monoisotopic (exact) mass is 176 g/mol. The molecule has 2 N–H and O–H groups in total. The lowest BCUT2D eigenvalue weighted by atomic mass is 10.2. The third-order valence-corrected chi connectivity index (χ3v) is 1.93. The second-order valence-electron chi connectivity index (χ2n) is 3.02. The van der Waals surface area contributed by atoms with Gasteiger partial charge < -0.3 is 5.73 Å². The Labute approximate surface area is 76.3 Å². The maximum atomic E-state index is 10.6. The second kappa shape index (κ2) is 3.06. The molecular weight excluding hydrogens is 166 g/mol. The van der Waals surface area contributed by atoms with Gasteiger partial charge in [-0.1, -0.05) is 18.2 Å². The van der Waals surface area contributed by atoms with Gasteiger partial charge in [0.2, 0.25) is 5.91 Å². The smallest absolute Gasteiger partial charge is 0.233 e. The van der Waals surface area contributed by atoms with Crippen molar-refractivity contribution in [2.24, 2.45) is 5.73 Å². The zero-order valence-electron chi connectivity index (χ0n) is 7.10. The summed E-state index contributed by atoms with van der Waals surface area (Å²) in [5.41, 5.74) is 11.4. The largest absolute Gasteiger partial charge is 0.368 e. The SMILES string of the molecule is NC(=O)CN1Cc2ccccc2[N]1. The molecule has 1 radical (unpaired) electrons. The average Bonchev–Trinajstić information content (AvgIpc) is 2.44. The molecule has 4 nitrogen and oxygen atoms in total. The van der Waals surface area contributed by atoms with Gasteiger partial charge >= 0.3 is 0 Å². The van der Waals surface area contributed by atoms with Gasteiger partial charge in [0.15, 0.2) is 0 Å². The number of rotatable bonds is 2. The molecule has 0 fully saturated rings. The van der Waals surface area contributed by atoms with Crippen molar-refractivity contribution in [1.29, 1.82) is 0 Å². The highest BCUT2D eigenvalue weighted by Gasteiger charge is 2.20. The molecule has 1 amide bonds. The van der Waals surface area contributed by atoms with Crippen LogP contribution in [0, 0.1) is 0 Å². The summed E-state index contributed by atoms with van der Waals surface area (Å²) >= 11 is 0. The number of hydrogen-bond acceptors (Lipinski definition) is 2. The Hall–Kier alpha value is -1.55. The van der Waals surface area contributed by atoms with Crippen molar-refractivity contribution < 1.29 is 4.79 Å². The van der Waals surface area contributed by atoms with E-state index < -0.39 is 0 Å². The Morgan fingerprint density at radius 1 is 1.54 bits per heavy atom. The molecule has 1 aromatic carbocycles. The lowest BCUT2D eigenvalue weighted by Gasteiger charge is -2.09. The van der Waals surface area contributed by atoms with E-state index in [9.17, 15) is 4.79 Å². The van der Waals surface area contributed by atoms with Crippen LogP contribution >= 0.6 is 0 Å². The van der Waals surface area contributed by atoms with E-state index >= 15 is 0 Å². The highest BCUT2D eigenvalue weighted by atomic mass is 16.1. The minimum Gasteiger partial charge on any atom is -0.368 e. The molecule has 0 unspecified atom stereocenters. The van der Waals surface area contributed by atoms with Gasteiger partial charge in [-0.25, -0.2) is 0 Å². The van der Waals surface area contributed by atoms with E-state index in [0.717, 1.165) is 11.3 Å². The third-order valence-electron chi connectivity index (χ3n) is 1.93. The Morgan fingerprint density at radius 2 is 2.31 bits per heavy atom. The van der Waals surface area contributed by atoms with Crippen LogP contribution in [-0.2, 0) is 11.3 Å². The zero-order valence-corrected chi connectivity index (χ0v) is 7.10. The van der Waals surface area contributed by atoms with E-state index in [0.29, 0.717) is 6.54 Å². The first-order chi connectivity index (χ1) is 6.25. The van der Waals surface area contributed by atoms with Crippen molar-refractivity contribution in [2.45, 2.75) is 6.54 Å². The van der Waals surface area contributed by atoms with Crippen molar-refractivity contribution >= 4 is 11.6 Å². The number of carbonyl (C=O) groups excluding carboxylic acids is 1. The standard InChI is InChI=1S/C9H10N3O/c10-9(13)6-12-5-7-3-1-2-4-8(7)11-12/h1-4H,5-6H2,(H2,10,13). The van der Waals surface area contributed by atoms with Crippen molar-refractivity contribution in [2.75, 3.05) is 6.54 Å². The number of carbonyl (C=O) groups is 1. The van der Waals surface area contributed by atoms with Crippen molar-refractivity contribution in [3.8, 4) is 0 Å². The summed E-state index contributed by atoms with van der Waals surface area (Å²) in [6, 6.07) is 7.81. The molecule has 0 aliphatic carbocycles. The van der Waals surface area contributed by atoms with E-state index in [1.54, 1.807) is 5.01 Å². The van der Waals surface area contributed by atoms with Gasteiger partial charge in [-0.05, 0) is 11.6 Å². The number of amides is 1. The highest BCUT2D eigenvalue weighted by Crippen LogP contribution is 2.23. The predicted molar refractivity (Wildman–Crippen MR) is 47.8 cm³/mol. The molecule has 1 aliphatic heterocycles. The molecule has 0 saturated carbocycles. The van der Waals surface area contributed by atoms with Crippen LogP contribution in [-0.4, -0.2) is 17.5 Å². The van der Waals surface area contributed by atoms with Gasteiger partial charge in [0.05, 0.1) is 12.2 Å². The highest BCUT2D eigenvalue weighted by molar-refractivity contribution is 5.76. The number of primary amides is 1. The minimum absolute atomic E-state index is 0.189. The summed E-state index contributed by atoms with van der Waals surface area (Å²) in [5.74, 6) is -0.350. The van der Waals surface area contributed by atoms with Crippen LogP contribution in [0.15, 0.2) is 24.3 Å². The molecule has 1 heterocycles. The van der Waals surface area contributed by atoms with Gasteiger partial charge in [0.1, 0.15) is 0 Å². The zero-order chi connectivity index (χ0) is 9.26. The summed E-state index contributed by atoms with van der Waals surface area (Å²) in [6.45, 7) is 0.869. The molecule has 67 valence electrons. The summed E-state index contributed by atoms with van der Waals surface area (Å²) in [7, 11) is 0. The fourth-order valence-electron chi connectivity index (χ4n) is 1.40. The van der Waals surface area contributed by atoms with E-state index in [1.807, 2.05) is 24.3 Å². The van der Waals surface area contributed by atoms with Crippen molar-refractivity contribution in [1.82, 2.24) is 10.4 Å². The first kappa shape index (κ1) is 8.07.